The number of halogens is 1. The number of aryl methyl sites for hydroxylation is 2. The van der Waals surface area contributed by atoms with Crippen LogP contribution in [0.2, 0.25) is 0 Å². The number of nitrogens with one attached hydrogen (secondary N) is 1. The van der Waals surface area contributed by atoms with E-state index in [1.54, 1.807) is 7.11 Å². The van der Waals surface area contributed by atoms with Crippen LogP contribution < -0.4 is 10.1 Å². The molecule has 0 unspecified atom stereocenters. The van der Waals surface area contributed by atoms with Gasteiger partial charge in [-0.3, -0.25) is 0 Å². The summed E-state index contributed by atoms with van der Waals surface area (Å²) in [6.45, 7) is 4.91. The first-order valence-electron chi connectivity index (χ1n) is 6.23. The third-order valence-electron chi connectivity index (χ3n) is 3.03. The zero-order valence-electron chi connectivity index (χ0n) is 11.5. The highest BCUT2D eigenvalue weighted by Crippen LogP contribution is 2.27. The molecule has 0 saturated carbocycles. The van der Waals surface area contributed by atoms with E-state index in [-0.39, 0.29) is 0 Å². The van der Waals surface area contributed by atoms with Gasteiger partial charge < -0.3 is 10.1 Å². The number of hydrogen-bond acceptors (Lipinski definition) is 2. The summed E-state index contributed by atoms with van der Waals surface area (Å²) in [5.74, 6) is 0.878. The van der Waals surface area contributed by atoms with Gasteiger partial charge in [0.05, 0.1) is 12.8 Å². The lowest BCUT2D eigenvalue weighted by Gasteiger charge is -2.13. The molecule has 0 saturated heterocycles. The molecule has 0 atom stereocenters. The van der Waals surface area contributed by atoms with Crippen molar-refractivity contribution >= 4 is 21.6 Å². The molecule has 2 rings (SSSR count). The lowest BCUT2D eigenvalue weighted by molar-refractivity contribution is 0.416. The average Bonchev–Trinajstić information content (AvgIpc) is 2.39. The summed E-state index contributed by atoms with van der Waals surface area (Å²) in [6, 6.07) is 12.5. The van der Waals surface area contributed by atoms with Gasteiger partial charge in [-0.2, -0.15) is 0 Å². The maximum atomic E-state index is 5.39. The van der Waals surface area contributed by atoms with Gasteiger partial charge in [0, 0.05) is 11.0 Å². The van der Waals surface area contributed by atoms with Crippen LogP contribution in [-0.4, -0.2) is 7.11 Å². The maximum Gasteiger partial charge on any atom is 0.142 e. The van der Waals surface area contributed by atoms with Crippen molar-refractivity contribution < 1.29 is 4.74 Å². The molecule has 0 aliphatic heterocycles. The largest absolute Gasteiger partial charge is 0.495 e. The van der Waals surface area contributed by atoms with Gasteiger partial charge in [-0.1, -0.05) is 34.1 Å². The summed E-state index contributed by atoms with van der Waals surface area (Å²) in [5, 5.41) is 3.41. The Hall–Kier alpha value is -1.48. The minimum absolute atomic E-state index is 0.764. The first kappa shape index (κ1) is 13.9. The fourth-order valence-electron chi connectivity index (χ4n) is 1.93. The molecule has 2 nitrogen and oxygen atoms in total. The van der Waals surface area contributed by atoms with E-state index in [2.05, 4.69) is 65.4 Å². The molecule has 2 aromatic rings. The highest BCUT2D eigenvalue weighted by atomic mass is 79.9. The molecule has 0 aromatic heterocycles. The molecule has 0 amide bonds. The number of methoxy groups -OCH3 is 1. The van der Waals surface area contributed by atoms with Crippen LogP contribution in [0.25, 0.3) is 0 Å². The summed E-state index contributed by atoms with van der Waals surface area (Å²) in [4.78, 5) is 0. The summed E-state index contributed by atoms with van der Waals surface area (Å²) in [5.41, 5.74) is 4.69. The first-order valence-corrected chi connectivity index (χ1v) is 7.03. The zero-order valence-corrected chi connectivity index (χ0v) is 13.0. The van der Waals surface area contributed by atoms with E-state index >= 15 is 0 Å². The van der Waals surface area contributed by atoms with E-state index in [0.29, 0.717) is 0 Å². The Morgan fingerprint density at radius 1 is 1.05 bits per heavy atom. The normalized spacial score (nSPS) is 10.3. The van der Waals surface area contributed by atoms with Crippen molar-refractivity contribution in [2.24, 2.45) is 0 Å². The molecular formula is C16H18BrNO. The van der Waals surface area contributed by atoms with Gasteiger partial charge >= 0.3 is 0 Å². The van der Waals surface area contributed by atoms with E-state index in [0.717, 1.165) is 22.5 Å². The van der Waals surface area contributed by atoms with Crippen LogP contribution in [0.5, 0.6) is 5.75 Å². The Morgan fingerprint density at radius 2 is 1.74 bits per heavy atom. The summed E-state index contributed by atoms with van der Waals surface area (Å²) in [7, 11) is 1.70. The zero-order chi connectivity index (χ0) is 13.8. The maximum absolute atomic E-state index is 5.39. The third-order valence-corrected chi connectivity index (χ3v) is 3.77. The topological polar surface area (TPSA) is 21.3 Å². The van der Waals surface area contributed by atoms with Crippen molar-refractivity contribution in [1.82, 2.24) is 0 Å². The smallest absolute Gasteiger partial charge is 0.142 e. The highest BCUT2D eigenvalue weighted by molar-refractivity contribution is 9.10. The van der Waals surface area contributed by atoms with Gasteiger partial charge in [-0.05, 0) is 48.7 Å². The van der Waals surface area contributed by atoms with Crippen LogP contribution in [0.1, 0.15) is 16.7 Å². The van der Waals surface area contributed by atoms with Gasteiger partial charge in [0.1, 0.15) is 5.75 Å². The SMILES string of the molecule is COc1cc(C)ccc1NCc1ccc(C)cc1Br. The average molecular weight is 320 g/mol. The molecule has 0 radical (unpaired) electrons. The van der Waals surface area contributed by atoms with Gasteiger partial charge in [0.25, 0.3) is 0 Å². The second kappa shape index (κ2) is 6.11. The monoisotopic (exact) mass is 319 g/mol. The second-order valence-electron chi connectivity index (χ2n) is 4.65. The van der Waals surface area contributed by atoms with Crippen LogP contribution in [0, 0.1) is 13.8 Å². The van der Waals surface area contributed by atoms with Crippen LogP contribution in [0.4, 0.5) is 5.69 Å². The number of anilines is 1. The minimum Gasteiger partial charge on any atom is -0.495 e. The first-order chi connectivity index (χ1) is 9.10. The Kier molecular flexibility index (Phi) is 4.48. The lowest BCUT2D eigenvalue weighted by Crippen LogP contribution is -2.02. The number of ether oxygens (including phenoxy) is 1. The van der Waals surface area contributed by atoms with Crippen molar-refractivity contribution in [2.75, 3.05) is 12.4 Å². The van der Waals surface area contributed by atoms with Crippen molar-refractivity contribution in [3.05, 3.63) is 57.6 Å². The number of hydrogen-bond donors (Lipinski definition) is 1. The third kappa shape index (κ3) is 3.51. The molecule has 3 heteroatoms. The van der Waals surface area contributed by atoms with Crippen molar-refractivity contribution in [1.29, 1.82) is 0 Å². The second-order valence-corrected chi connectivity index (χ2v) is 5.51. The van der Waals surface area contributed by atoms with Crippen molar-refractivity contribution in [3.8, 4) is 5.75 Å². The quantitative estimate of drug-likeness (QED) is 0.883. The van der Waals surface area contributed by atoms with E-state index in [1.807, 2.05) is 6.07 Å². The highest BCUT2D eigenvalue weighted by Gasteiger charge is 2.04. The molecule has 0 aliphatic rings. The Morgan fingerprint density at radius 3 is 2.42 bits per heavy atom. The van der Waals surface area contributed by atoms with E-state index in [9.17, 15) is 0 Å². The molecule has 100 valence electrons. The molecule has 0 heterocycles. The van der Waals surface area contributed by atoms with E-state index < -0.39 is 0 Å². The molecule has 2 aromatic carbocycles. The summed E-state index contributed by atoms with van der Waals surface area (Å²) >= 11 is 3.60. The molecular weight excluding hydrogens is 302 g/mol. The van der Waals surface area contributed by atoms with Gasteiger partial charge in [-0.15, -0.1) is 0 Å². The molecule has 0 spiro atoms. The van der Waals surface area contributed by atoms with Crippen LogP contribution in [-0.2, 0) is 6.54 Å². The predicted octanol–water partition coefficient (Wildman–Crippen LogP) is 4.69. The Balaban J connectivity index is 2.14. The van der Waals surface area contributed by atoms with Gasteiger partial charge in [0.2, 0.25) is 0 Å². The van der Waals surface area contributed by atoms with Crippen molar-refractivity contribution in [2.45, 2.75) is 20.4 Å². The molecule has 1 N–H and O–H groups in total. The van der Waals surface area contributed by atoms with Crippen molar-refractivity contribution in [3.63, 3.8) is 0 Å². The van der Waals surface area contributed by atoms with Gasteiger partial charge in [-0.25, -0.2) is 0 Å². The van der Waals surface area contributed by atoms with E-state index in [4.69, 9.17) is 4.74 Å². The lowest BCUT2D eigenvalue weighted by atomic mass is 10.1. The Bertz CT molecular complexity index is 581. The van der Waals surface area contributed by atoms with E-state index in [1.165, 1.54) is 16.7 Å². The minimum atomic E-state index is 0.764. The fourth-order valence-corrected chi connectivity index (χ4v) is 2.56. The van der Waals surface area contributed by atoms with Crippen LogP contribution in [0.3, 0.4) is 0 Å². The summed E-state index contributed by atoms with van der Waals surface area (Å²) in [6.07, 6.45) is 0. The number of benzene rings is 2. The van der Waals surface area contributed by atoms with Crippen LogP contribution >= 0.6 is 15.9 Å². The predicted molar refractivity (Wildman–Crippen MR) is 83.9 cm³/mol. The molecule has 0 aliphatic carbocycles. The Labute approximate surface area is 122 Å². The fraction of sp³-hybridized carbons (Fsp3) is 0.250. The van der Waals surface area contributed by atoms with Gasteiger partial charge in [0.15, 0.2) is 0 Å². The summed E-state index contributed by atoms with van der Waals surface area (Å²) < 4.78 is 6.52. The molecule has 0 fully saturated rings. The standard InChI is InChI=1S/C16H18BrNO/c1-11-4-6-13(14(17)8-11)10-18-15-7-5-12(2)9-16(15)19-3/h4-9,18H,10H2,1-3H3. The number of rotatable bonds is 4. The molecule has 0 bridgehead atoms. The molecule has 19 heavy (non-hydrogen) atoms. The van der Waals surface area contributed by atoms with Crippen LogP contribution in [0.15, 0.2) is 40.9 Å².